The minimum Gasteiger partial charge on any atom is -0.392 e. The largest absolute Gasteiger partial charge is 0.392 e. The Kier molecular flexibility index (Phi) is 3.28. The molecular weight excluding hydrogens is 252 g/mol. The lowest BCUT2D eigenvalue weighted by Crippen LogP contribution is -2.05. The lowest BCUT2D eigenvalue weighted by molar-refractivity contribution is 0.282. The van der Waals surface area contributed by atoms with Crippen molar-refractivity contribution >= 4 is 10.9 Å². The predicted octanol–water partition coefficient (Wildman–Crippen LogP) is 2.35. The molecule has 1 aromatic carbocycles. The van der Waals surface area contributed by atoms with Crippen LogP contribution in [0.25, 0.3) is 10.9 Å². The normalized spacial score (nSPS) is 11.6. The molecule has 2 heterocycles. The Morgan fingerprint density at radius 2 is 2.15 bits per heavy atom. The second-order valence-electron chi connectivity index (χ2n) is 5.20. The standard InChI is InChI=1S/C15H18N4O/c1-11(2)19-15-8-12(10-20)4-5-13(15)14(17-19)9-18-7-3-6-16-18/h3-8,11,20H,9-10H2,1-2H3. The maximum absolute atomic E-state index is 9.30. The van der Waals surface area contributed by atoms with Crippen LogP contribution in [-0.2, 0) is 13.2 Å². The number of benzene rings is 1. The third-order valence-corrected chi connectivity index (χ3v) is 3.39. The van der Waals surface area contributed by atoms with E-state index in [-0.39, 0.29) is 12.6 Å². The highest BCUT2D eigenvalue weighted by atomic mass is 16.3. The van der Waals surface area contributed by atoms with E-state index >= 15 is 0 Å². The Morgan fingerprint density at radius 1 is 1.30 bits per heavy atom. The Bertz CT molecular complexity index is 713. The molecule has 0 aliphatic rings. The number of aliphatic hydroxyl groups excluding tert-OH is 1. The van der Waals surface area contributed by atoms with E-state index in [0.717, 1.165) is 22.2 Å². The summed E-state index contributed by atoms with van der Waals surface area (Å²) < 4.78 is 3.87. The Balaban J connectivity index is 2.12. The van der Waals surface area contributed by atoms with Crippen molar-refractivity contribution in [3.8, 4) is 0 Å². The zero-order chi connectivity index (χ0) is 14.1. The first-order chi connectivity index (χ1) is 9.69. The van der Waals surface area contributed by atoms with E-state index in [1.165, 1.54) is 0 Å². The fourth-order valence-corrected chi connectivity index (χ4v) is 2.40. The number of fused-ring (bicyclic) bond motifs is 1. The van der Waals surface area contributed by atoms with Crippen molar-refractivity contribution in [2.24, 2.45) is 0 Å². The number of aromatic nitrogens is 4. The molecule has 0 spiro atoms. The summed E-state index contributed by atoms with van der Waals surface area (Å²) in [4.78, 5) is 0. The fourth-order valence-electron chi connectivity index (χ4n) is 2.40. The summed E-state index contributed by atoms with van der Waals surface area (Å²) in [7, 11) is 0. The molecule has 0 radical (unpaired) electrons. The van der Waals surface area contributed by atoms with Crippen LogP contribution in [0.3, 0.4) is 0 Å². The number of aliphatic hydroxyl groups is 1. The minimum absolute atomic E-state index is 0.0493. The third-order valence-electron chi connectivity index (χ3n) is 3.39. The molecule has 3 rings (SSSR count). The van der Waals surface area contributed by atoms with Gasteiger partial charge in [-0.1, -0.05) is 12.1 Å². The molecule has 0 unspecified atom stereocenters. The Labute approximate surface area is 117 Å². The van der Waals surface area contributed by atoms with Gasteiger partial charge in [0.25, 0.3) is 0 Å². The van der Waals surface area contributed by atoms with Crippen molar-refractivity contribution in [2.45, 2.75) is 33.0 Å². The van der Waals surface area contributed by atoms with Gasteiger partial charge in [0.15, 0.2) is 0 Å². The van der Waals surface area contributed by atoms with Crippen molar-refractivity contribution in [3.63, 3.8) is 0 Å². The molecule has 104 valence electrons. The summed E-state index contributed by atoms with van der Waals surface area (Å²) in [5.74, 6) is 0. The molecular formula is C15H18N4O. The molecule has 0 aliphatic carbocycles. The summed E-state index contributed by atoms with van der Waals surface area (Å²) in [5, 5.41) is 19.4. The average Bonchev–Trinajstić information content (AvgIpc) is 3.07. The van der Waals surface area contributed by atoms with Crippen molar-refractivity contribution < 1.29 is 5.11 Å². The Hall–Kier alpha value is -2.14. The maximum atomic E-state index is 9.30. The molecule has 0 aliphatic heterocycles. The van der Waals surface area contributed by atoms with Crippen molar-refractivity contribution in [3.05, 3.63) is 47.9 Å². The number of rotatable bonds is 4. The van der Waals surface area contributed by atoms with Gasteiger partial charge in [0.05, 0.1) is 24.4 Å². The van der Waals surface area contributed by atoms with Gasteiger partial charge < -0.3 is 5.11 Å². The van der Waals surface area contributed by atoms with E-state index in [9.17, 15) is 5.11 Å². The van der Waals surface area contributed by atoms with Gasteiger partial charge in [0.2, 0.25) is 0 Å². The van der Waals surface area contributed by atoms with Crippen LogP contribution >= 0.6 is 0 Å². The molecule has 1 N–H and O–H groups in total. The SMILES string of the molecule is CC(C)n1nc(Cn2cccn2)c2ccc(CO)cc21. The minimum atomic E-state index is 0.0493. The summed E-state index contributed by atoms with van der Waals surface area (Å²) in [6.07, 6.45) is 3.70. The molecule has 3 aromatic rings. The first kappa shape index (κ1) is 12.9. The second-order valence-corrected chi connectivity index (χ2v) is 5.20. The van der Waals surface area contributed by atoms with Crippen molar-refractivity contribution in [2.75, 3.05) is 0 Å². The smallest absolute Gasteiger partial charge is 0.0918 e. The second kappa shape index (κ2) is 5.09. The molecule has 20 heavy (non-hydrogen) atoms. The first-order valence-corrected chi connectivity index (χ1v) is 6.77. The average molecular weight is 270 g/mol. The van der Waals surface area contributed by atoms with E-state index in [1.807, 2.05) is 39.8 Å². The monoisotopic (exact) mass is 270 g/mol. The van der Waals surface area contributed by atoms with Gasteiger partial charge in [-0.25, -0.2) is 0 Å². The molecule has 0 bridgehead atoms. The molecule has 0 saturated heterocycles. The zero-order valence-electron chi connectivity index (χ0n) is 11.7. The summed E-state index contributed by atoms with van der Waals surface area (Å²) in [6.45, 7) is 4.92. The topological polar surface area (TPSA) is 55.9 Å². The molecule has 2 aromatic heterocycles. The predicted molar refractivity (Wildman–Crippen MR) is 77.4 cm³/mol. The lowest BCUT2D eigenvalue weighted by Gasteiger charge is -2.07. The van der Waals surface area contributed by atoms with Crippen molar-refractivity contribution in [1.29, 1.82) is 0 Å². The molecule has 5 heteroatoms. The summed E-state index contributed by atoms with van der Waals surface area (Å²) >= 11 is 0. The summed E-state index contributed by atoms with van der Waals surface area (Å²) in [5.41, 5.74) is 2.97. The van der Waals surface area contributed by atoms with Crippen molar-refractivity contribution in [1.82, 2.24) is 19.6 Å². The molecule has 0 saturated carbocycles. The highest BCUT2D eigenvalue weighted by Crippen LogP contribution is 2.24. The number of nitrogens with zero attached hydrogens (tertiary/aromatic N) is 4. The van der Waals surface area contributed by atoms with Crippen LogP contribution < -0.4 is 0 Å². The van der Waals surface area contributed by atoms with Crippen LogP contribution in [0, 0.1) is 0 Å². The van der Waals surface area contributed by atoms with Gasteiger partial charge in [0.1, 0.15) is 0 Å². The molecule has 0 amide bonds. The number of hydrogen-bond acceptors (Lipinski definition) is 3. The van der Waals surface area contributed by atoms with Gasteiger partial charge in [-0.2, -0.15) is 10.2 Å². The molecule has 5 nitrogen and oxygen atoms in total. The van der Waals surface area contributed by atoms with E-state index in [1.54, 1.807) is 6.20 Å². The zero-order valence-corrected chi connectivity index (χ0v) is 11.7. The lowest BCUT2D eigenvalue weighted by atomic mass is 10.1. The summed E-state index contributed by atoms with van der Waals surface area (Å²) in [6, 6.07) is 8.17. The highest BCUT2D eigenvalue weighted by Gasteiger charge is 2.13. The van der Waals surface area contributed by atoms with Gasteiger partial charge in [-0.3, -0.25) is 9.36 Å². The van der Waals surface area contributed by atoms with E-state index in [4.69, 9.17) is 5.10 Å². The fraction of sp³-hybridized carbons (Fsp3) is 0.333. The third kappa shape index (κ3) is 2.20. The van der Waals surface area contributed by atoms with Crippen LogP contribution in [0.4, 0.5) is 0 Å². The molecule has 0 fully saturated rings. The van der Waals surface area contributed by atoms with E-state index in [2.05, 4.69) is 18.9 Å². The van der Waals surface area contributed by atoms with E-state index in [0.29, 0.717) is 6.54 Å². The van der Waals surface area contributed by atoms with Crippen LogP contribution in [0.15, 0.2) is 36.7 Å². The van der Waals surface area contributed by atoms with Crippen LogP contribution in [0.2, 0.25) is 0 Å². The molecule has 0 atom stereocenters. The van der Waals surface area contributed by atoms with Crippen LogP contribution in [0.5, 0.6) is 0 Å². The van der Waals surface area contributed by atoms with E-state index < -0.39 is 0 Å². The Morgan fingerprint density at radius 3 is 2.80 bits per heavy atom. The van der Waals surface area contributed by atoms with Crippen LogP contribution in [-0.4, -0.2) is 24.7 Å². The number of hydrogen-bond donors (Lipinski definition) is 1. The highest BCUT2D eigenvalue weighted by molar-refractivity contribution is 5.82. The van der Waals surface area contributed by atoms with Gasteiger partial charge in [0, 0.05) is 23.8 Å². The maximum Gasteiger partial charge on any atom is 0.0918 e. The quantitative estimate of drug-likeness (QED) is 0.791. The van der Waals surface area contributed by atoms with Gasteiger partial charge in [-0.05, 0) is 31.5 Å². The van der Waals surface area contributed by atoms with Crippen LogP contribution in [0.1, 0.15) is 31.1 Å². The van der Waals surface area contributed by atoms with Gasteiger partial charge in [-0.15, -0.1) is 0 Å². The first-order valence-electron chi connectivity index (χ1n) is 6.77. The van der Waals surface area contributed by atoms with Gasteiger partial charge >= 0.3 is 0 Å².